The van der Waals surface area contributed by atoms with Gasteiger partial charge in [0.15, 0.2) is 0 Å². The molecule has 0 radical (unpaired) electrons. The van der Waals surface area contributed by atoms with Crippen LogP contribution >= 0.6 is 0 Å². The highest BCUT2D eigenvalue weighted by Crippen LogP contribution is 2.12. The average Bonchev–Trinajstić information content (AvgIpc) is 2.27. The largest absolute Gasteiger partial charge is 0.550 e. The lowest BCUT2D eigenvalue weighted by Gasteiger charge is -2.12. The van der Waals surface area contributed by atoms with Crippen molar-refractivity contribution < 1.29 is 24.6 Å². The third-order valence-corrected chi connectivity index (χ3v) is 2.45. The molecule has 1 aromatic rings. The lowest BCUT2D eigenvalue weighted by molar-refractivity contribution is -0.306. The Labute approximate surface area is 110 Å². The van der Waals surface area contributed by atoms with Crippen LogP contribution in [-0.2, 0) is 9.59 Å². The van der Waals surface area contributed by atoms with Crippen molar-refractivity contribution in [3.05, 3.63) is 29.8 Å². The van der Waals surface area contributed by atoms with Gasteiger partial charge in [0.2, 0.25) is 5.91 Å². The second-order valence-electron chi connectivity index (χ2n) is 4.30. The van der Waals surface area contributed by atoms with E-state index in [4.69, 9.17) is 0 Å². The van der Waals surface area contributed by atoms with E-state index in [2.05, 4.69) is 5.32 Å². The van der Waals surface area contributed by atoms with Crippen LogP contribution in [0, 0.1) is 5.92 Å². The van der Waals surface area contributed by atoms with Crippen molar-refractivity contribution in [2.75, 3.05) is 5.32 Å². The normalized spacial score (nSPS) is 11.6. The van der Waals surface area contributed by atoms with Crippen LogP contribution in [0.2, 0.25) is 0 Å². The maximum Gasteiger partial charge on any atom is 0.224 e. The van der Waals surface area contributed by atoms with E-state index in [-0.39, 0.29) is 30.2 Å². The minimum absolute atomic E-state index is 0.0170. The van der Waals surface area contributed by atoms with Crippen LogP contribution in [0.4, 0.5) is 5.69 Å². The standard InChI is InChI=1S/C13H15NO5/c1-8(7-12(16)17)6-11(15)14-10-4-2-9(3-5-10)13(18)19/h2-5,8H,6-7H2,1H3,(H,14,15)(H,16,17)(H,18,19)/p-2/t8-/m0/s1. The summed E-state index contributed by atoms with van der Waals surface area (Å²) in [5, 5.41) is 23.4. The molecule has 0 spiro atoms. The van der Waals surface area contributed by atoms with Crippen LogP contribution in [0.15, 0.2) is 24.3 Å². The average molecular weight is 263 g/mol. The summed E-state index contributed by atoms with van der Waals surface area (Å²) >= 11 is 0. The molecule has 1 rings (SSSR count). The summed E-state index contributed by atoms with van der Waals surface area (Å²) in [7, 11) is 0. The van der Waals surface area contributed by atoms with E-state index >= 15 is 0 Å². The van der Waals surface area contributed by atoms with Crippen molar-refractivity contribution in [1.82, 2.24) is 0 Å². The number of aromatic carboxylic acids is 1. The van der Waals surface area contributed by atoms with E-state index in [0.717, 1.165) is 0 Å². The maximum atomic E-state index is 11.6. The summed E-state index contributed by atoms with van der Waals surface area (Å²) in [6.07, 6.45) is -0.132. The van der Waals surface area contributed by atoms with Gasteiger partial charge in [0, 0.05) is 18.1 Å². The molecular weight excluding hydrogens is 250 g/mol. The molecule has 1 N–H and O–H groups in total. The molecule has 0 heterocycles. The van der Waals surface area contributed by atoms with Crippen molar-refractivity contribution in [2.24, 2.45) is 5.92 Å². The molecule has 0 bridgehead atoms. The third kappa shape index (κ3) is 5.20. The van der Waals surface area contributed by atoms with Gasteiger partial charge in [0.1, 0.15) is 0 Å². The lowest BCUT2D eigenvalue weighted by Crippen LogP contribution is -2.26. The van der Waals surface area contributed by atoms with Gasteiger partial charge in [-0.15, -0.1) is 0 Å². The molecule has 6 nitrogen and oxygen atoms in total. The van der Waals surface area contributed by atoms with Gasteiger partial charge in [-0.05, 0) is 30.0 Å². The SMILES string of the molecule is C[C@H](CC(=O)[O-])CC(=O)Nc1ccc(C(=O)[O-])cc1. The number of amides is 1. The number of hydrogen-bond donors (Lipinski definition) is 1. The van der Waals surface area contributed by atoms with E-state index in [1.54, 1.807) is 6.92 Å². The van der Waals surface area contributed by atoms with Crippen molar-refractivity contribution in [3.8, 4) is 0 Å². The molecule has 6 heteroatoms. The van der Waals surface area contributed by atoms with Crippen LogP contribution in [0.25, 0.3) is 0 Å². The van der Waals surface area contributed by atoms with Gasteiger partial charge in [0.05, 0.1) is 5.97 Å². The van der Waals surface area contributed by atoms with Gasteiger partial charge in [-0.2, -0.15) is 0 Å². The number of hydrogen-bond acceptors (Lipinski definition) is 5. The predicted octanol–water partition coefficient (Wildman–Crippen LogP) is -0.845. The monoisotopic (exact) mass is 263 g/mol. The Bertz CT molecular complexity index is 480. The fourth-order valence-corrected chi connectivity index (χ4v) is 1.57. The number of nitrogens with one attached hydrogen (secondary N) is 1. The Balaban J connectivity index is 2.52. The van der Waals surface area contributed by atoms with E-state index in [9.17, 15) is 24.6 Å². The number of benzene rings is 1. The lowest BCUT2D eigenvalue weighted by atomic mass is 10.0. The summed E-state index contributed by atoms with van der Waals surface area (Å²) < 4.78 is 0. The number of carboxylic acid groups (broad SMARTS) is 2. The topological polar surface area (TPSA) is 109 Å². The van der Waals surface area contributed by atoms with Gasteiger partial charge in [0.25, 0.3) is 0 Å². The molecule has 0 aromatic heterocycles. The number of anilines is 1. The smallest absolute Gasteiger partial charge is 0.224 e. The summed E-state index contributed by atoms with van der Waals surface area (Å²) in [4.78, 5) is 32.4. The van der Waals surface area contributed by atoms with E-state index in [0.29, 0.717) is 5.69 Å². The molecule has 0 fully saturated rings. The van der Waals surface area contributed by atoms with Crippen LogP contribution in [0.5, 0.6) is 0 Å². The second kappa shape index (κ2) is 6.53. The first-order valence-electron chi connectivity index (χ1n) is 5.69. The minimum Gasteiger partial charge on any atom is -0.550 e. The zero-order valence-electron chi connectivity index (χ0n) is 10.3. The highest BCUT2D eigenvalue weighted by Gasteiger charge is 2.09. The minimum atomic E-state index is -1.29. The molecule has 19 heavy (non-hydrogen) atoms. The Morgan fingerprint density at radius 2 is 1.68 bits per heavy atom. The van der Waals surface area contributed by atoms with Crippen LogP contribution in [0.1, 0.15) is 30.1 Å². The quantitative estimate of drug-likeness (QED) is 0.719. The molecule has 1 amide bonds. The van der Waals surface area contributed by atoms with Crippen LogP contribution in [-0.4, -0.2) is 17.8 Å². The molecule has 0 saturated carbocycles. The van der Waals surface area contributed by atoms with Crippen molar-refractivity contribution in [2.45, 2.75) is 19.8 Å². The van der Waals surface area contributed by atoms with Crippen molar-refractivity contribution in [3.63, 3.8) is 0 Å². The number of rotatable bonds is 6. The molecule has 0 aliphatic carbocycles. The van der Waals surface area contributed by atoms with Crippen molar-refractivity contribution in [1.29, 1.82) is 0 Å². The fourth-order valence-electron chi connectivity index (χ4n) is 1.57. The van der Waals surface area contributed by atoms with E-state index in [1.165, 1.54) is 24.3 Å². The molecule has 1 aromatic carbocycles. The highest BCUT2D eigenvalue weighted by atomic mass is 16.4. The summed E-state index contributed by atoms with van der Waals surface area (Å²) in [5.74, 6) is -3.15. The molecular formula is C13H13NO5-2. The number of aliphatic carboxylic acids is 1. The summed E-state index contributed by atoms with van der Waals surface area (Å²) in [6.45, 7) is 1.63. The molecule has 0 aliphatic rings. The first-order valence-corrected chi connectivity index (χ1v) is 5.69. The highest BCUT2D eigenvalue weighted by molar-refractivity contribution is 5.92. The fraction of sp³-hybridized carbons (Fsp3) is 0.308. The maximum absolute atomic E-state index is 11.6. The van der Waals surface area contributed by atoms with Gasteiger partial charge in [-0.3, -0.25) is 4.79 Å². The second-order valence-corrected chi connectivity index (χ2v) is 4.30. The number of carbonyl (C=O) groups excluding carboxylic acids is 3. The molecule has 0 unspecified atom stereocenters. The van der Waals surface area contributed by atoms with Gasteiger partial charge >= 0.3 is 0 Å². The Morgan fingerprint density at radius 3 is 2.16 bits per heavy atom. The van der Waals surface area contributed by atoms with Gasteiger partial charge in [-0.25, -0.2) is 0 Å². The summed E-state index contributed by atoms with van der Waals surface area (Å²) in [6, 6.07) is 5.50. The summed E-state index contributed by atoms with van der Waals surface area (Å²) in [5.41, 5.74) is 0.457. The Kier molecular flexibility index (Phi) is 5.05. The van der Waals surface area contributed by atoms with Gasteiger partial charge < -0.3 is 25.1 Å². The number of carbonyl (C=O) groups is 3. The van der Waals surface area contributed by atoms with Crippen LogP contribution in [0.3, 0.4) is 0 Å². The molecule has 1 atom stereocenters. The molecule has 102 valence electrons. The predicted molar refractivity (Wildman–Crippen MR) is 62.8 cm³/mol. The Morgan fingerprint density at radius 1 is 1.11 bits per heavy atom. The van der Waals surface area contributed by atoms with Crippen molar-refractivity contribution >= 4 is 23.5 Å². The van der Waals surface area contributed by atoms with E-state index in [1.807, 2.05) is 0 Å². The zero-order valence-corrected chi connectivity index (χ0v) is 10.3. The zero-order chi connectivity index (χ0) is 14.4. The van der Waals surface area contributed by atoms with Gasteiger partial charge in [-0.1, -0.05) is 19.1 Å². The third-order valence-electron chi connectivity index (χ3n) is 2.45. The first-order chi connectivity index (χ1) is 8.88. The molecule has 0 aliphatic heterocycles. The molecule has 0 saturated heterocycles. The van der Waals surface area contributed by atoms with E-state index < -0.39 is 11.9 Å². The number of carboxylic acids is 2. The first kappa shape index (κ1) is 14.7. The Hall–Kier alpha value is -2.37. The van der Waals surface area contributed by atoms with Crippen LogP contribution < -0.4 is 15.5 Å².